The standard InChI is InChI=1S/C14H21N5O2/c1-11(15-8-14(21-3)9-20-2)12-5-4-6-13(7-12)19-10-16-17-18-19/h4-7,10-11,14-15H,8-9H2,1-3H3. The lowest BCUT2D eigenvalue weighted by Gasteiger charge is -2.20. The van der Waals surface area contributed by atoms with E-state index in [1.165, 1.54) is 0 Å². The number of methoxy groups -OCH3 is 2. The molecule has 0 saturated heterocycles. The van der Waals surface area contributed by atoms with Crippen LogP contribution in [0, 0.1) is 0 Å². The molecular formula is C14H21N5O2. The maximum atomic E-state index is 5.34. The zero-order valence-electron chi connectivity index (χ0n) is 12.6. The Morgan fingerprint density at radius 3 is 2.86 bits per heavy atom. The average molecular weight is 291 g/mol. The summed E-state index contributed by atoms with van der Waals surface area (Å²) in [5.74, 6) is 0. The van der Waals surface area contributed by atoms with Gasteiger partial charge in [-0.1, -0.05) is 12.1 Å². The molecule has 7 heteroatoms. The van der Waals surface area contributed by atoms with Crippen LogP contribution in [-0.4, -0.2) is 53.7 Å². The number of nitrogens with one attached hydrogen (secondary N) is 1. The smallest absolute Gasteiger partial charge is 0.143 e. The van der Waals surface area contributed by atoms with Crippen molar-refractivity contribution in [3.8, 4) is 5.69 Å². The van der Waals surface area contributed by atoms with Crippen LogP contribution in [0.25, 0.3) is 5.69 Å². The van der Waals surface area contributed by atoms with Gasteiger partial charge in [-0.15, -0.1) is 5.10 Å². The van der Waals surface area contributed by atoms with Crippen LogP contribution in [-0.2, 0) is 9.47 Å². The van der Waals surface area contributed by atoms with Crippen LogP contribution in [0.4, 0.5) is 0 Å². The largest absolute Gasteiger partial charge is 0.382 e. The minimum atomic E-state index is 0.0418. The van der Waals surface area contributed by atoms with Crippen molar-refractivity contribution in [3.63, 3.8) is 0 Å². The number of hydrogen-bond donors (Lipinski definition) is 1. The topological polar surface area (TPSA) is 74.1 Å². The summed E-state index contributed by atoms with van der Waals surface area (Å²) in [6.45, 7) is 3.40. The summed E-state index contributed by atoms with van der Waals surface area (Å²) in [5.41, 5.74) is 2.10. The molecule has 2 aromatic rings. The first-order valence-corrected chi connectivity index (χ1v) is 6.83. The third-order valence-corrected chi connectivity index (χ3v) is 3.32. The van der Waals surface area contributed by atoms with Crippen molar-refractivity contribution in [1.82, 2.24) is 25.5 Å². The zero-order chi connectivity index (χ0) is 15.1. The number of benzene rings is 1. The minimum absolute atomic E-state index is 0.0418. The fraction of sp³-hybridized carbons (Fsp3) is 0.500. The molecule has 1 aromatic heterocycles. The van der Waals surface area contributed by atoms with Crippen molar-refractivity contribution >= 4 is 0 Å². The minimum Gasteiger partial charge on any atom is -0.382 e. The Hall–Kier alpha value is -1.83. The molecule has 2 unspecified atom stereocenters. The van der Waals surface area contributed by atoms with Gasteiger partial charge < -0.3 is 14.8 Å². The van der Waals surface area contributed by atoms with E-state index < -0.39 is 0 Å². The van der Waals surface area contributed by atoms with Gasteiger partial charge in [0.05, 0.1) is 18.4 Å². The van der Waals surface area contributed by atoms with Crippen LogP contribution in [0.15, 0.2) is 30.6 Å². The van der Waals surface area contributed by atoms with Gasteiger partial charge in [0, 0.05) is 26.8 Å². The fourth-order valence-electron chi connectivity index (χ4n) is 2.04. The Bertz CT molecular complexity index is 532. The first-order valence-electron chi connectivity index (χ1n) is 6.83. The Morgan fingerprint density at radius 1 is 1.33 bits per heavy atom. The molecule has 0 spiro atoms. The van der Waals surface area contributed by atoms with Crippen molar-refractivity contribution < 1.29 is 9.47 Å². The van der Waals surface area contributed by atoms with Gasteiger partial charge in [-0.05, 0) is 35.0 Å². The maximum Gasteiger partial charge on any atom is 0.143 e. The predicted octanol–water partition coefficient (Wildman–Crippen LogP) is 0.974. The molecular weight excluding hydrogens is 270 g/mol. The Balaban J connectivity index is 1.99. The first-order chi connectivity index (χ1) is 10.2. The Morgan fingerprint density at radius 2 is 2.19 bits per heavy atom. The SMILES string of the molecule is COCC(CNC(C)c1cccc(-n2cnnn2)c1)OC. The van der Waals surface area contributed by atoms with Gasteiger partial charge in [0.25, 0.3) is 0 Å². The molecule has 0 saturated carbocycles. The van der Waals surface area contributed by atoms with Crippen LogP contribution in [0.2, 0.25) is 0 Å². The van der Waals surface area contributed by atoms with Crippen LogP contribution in [0.3, 0.4) is 0 Å². The van der Waals surface area contributed by atoms with E-state index in [9.17, 15) is 0 Å². The second-order valence-electron chi connectivity index (χ2n) is 4.79. The van der Waals surface area contributed by atoms with Crippen molar-refractivity contribution in [1.29, 1.82) is 0 Å². The highest BCUT2D eigenvalue weighted by Gasteiger charge is 2.11. The summed E-state index contributed by atoms with van der Waals surface area (Å²) in [7, 11) is 3.36. The van der Waals surface area contributed by atoms with Gasteiger partial charge in [-0.25, -0.2) is 4.68 Å². The lowest BCUT2D eigenvalue weighted by atomic mass is 10.1. The molecule has 2 atom stereocenters. The van der Waals surface area contributed by atoms with Gasteiger partial charge in [0.1, 0.15) is 6.33 Å². The molecule has 21 heavy (non-hydrogen) atoms. The summed E-state index contributed by atoms with van der Waals surface area (Å²) < 4.78 is 12.1. The van der Waals surface area contributed by atoms with E-state index in [2.05, 4.69) is 39.9 Å². The highest BCUT2D eigenvalue weighted by molar-refractivity contribution is 5.35. The van der Waals surface area contributed by atoms with Gasteiger partial charge >= 0.3 is 0 Å². The molecule has 0 aliphatic rings. The fourth-order valence-corrected chi connectivity index (χ4v) is 2.04. The molecule has 0 radical (unpaired) electrons. The van der Waals surface area contributed by atoms with Crippen molar-refractivity contribution in [2.24, 2.45) is 0 Å². The molecule has 7 nitrogen and oxygen atoms in total. The second kappa shape index (κ2) is 7.82. The van der Waals surface area contributed by atoms with E-state index >= 15 is 0 Å². The van der Waals surface area contributed by atoms with Crippen LogP contribution >= 0.6 is 0 Å². The Kier molecular flexibility index (Phi) is 5.79. The predicted molar refractivity (Wildman–Crippen MR) is 78.2 cm³/mol. The average Bonchev–Trinajstić information content (AvgIpc) is 3.05. The second-order valence-corrected chi connectivity index (χ2v) is 4.79. The lowest BCUT2D eigenvalue weighted by molar-refractivity contribution is 0.0276. The van der Waals surface area contributed by atoms with Gasteiger partial charge in [0.2, 0.25) is 0 Å². The van der Waals surface area contributed by atoms with E-state index in [-0.39, 0.29) is 12.1 Å². The number of aromatic nitrogens is 4. The number of rotatable bonds is 8. The summed E-state index contributed by atoms with van der Waals surface area (Å²) in [4.78, 5) is 0. The highest BCUT2D eigenvalue weighted by atomic mass is 16.5. The Labute approximate surface area is 124 Å². The van der Waals surface area contributed by atoms with Crippen LogP contribution < -0.4 is 5.32 Å². The van der Waals surface area contributed by atoms with Gasteiger partial charge in [0.15, 0.2) is 0 Å². The van der Waals surface area contributed by atoms with Gasteiger partial charge in [-0.2, -0.15) is 0 Å². The zero-order valence-corrected chi connectivity index (χ0v) is 12.6. The van der Waals surface area contributed by atoms with Gasteiger partial charge in [-0.3, -0.25) is 0 Å². The molecule has 1 N–H and O–H groups in total. The van der Waals surface area contributed by atoms with E-state index in [1.807, 2.05) is 12.1 Å². The maximum absolute atomic E-state index is 5.34. The molecule has 0 aliphatic carbocycles. The van der Waals surface area contributed by atoms with E-state index in [4.69, 9.17) is 9.47 Å². The molecule has 1 aromatic carbocycles. The summed E-state index contributed by atoms with van der Waals surface area (Å²) in [5, 5.41) is 14.6. The summed E-state index contributed by atoms with van der Waals surface area (Å²) >= 11 is 0. The quantitative estimate of drug-likeness (QED) is 0.781. The molecule has 0 bridgehead atoms. The number of nitrogens with zero attached hydrogens (tertiary/aromatic N) is 4. The molecule has 0 aliphatic heterocycles. The third kappa shape index (κ3) is 4.32. The van der Waals surface area contributed by atoms with Crippen molar-refractivity contribution in [2.75, 3.05) is 27.4 Å². The van der Waals surface area contributed by atoms with E-state index in [1.54, 1.807) is 25.2 Å². The first kappa shape index (κ1) is 15.6. The lowest BCUT2D eigenvalue weighted by Crippen LogP contribution is -2.33. The van der Waals surface area contributed by atoms with E-state index in [0.717, 1.165) is 17.8 Å². The summed E-state index contributed by atoms with van der Waals surface area (Å²) in [6.07, 6.45) is 1.62. The molecule has 0 fully saturated rings. The monoisotopic (exact) mass is 291 g/mol. The third-order valence-electron chi connectivity index (χ3n) is 3.32. The van der Waals surface area contributed by atoms with E-state index in [0.29, 0.717) is 6.61 Å². The highest BCUT2D eigenvalue weighted by Crippen LogP contribution is 2.16. The van der Waals surface area contributed by atoms with Crippen molar-refractivity contribution in [3.05, 3.63) is 36.2 Å². The van der Waals surface area contributed by atoms with Crippen LogP contribution in [0.5, 0.6) is 0 Å². The van der Waals surface area contributed by atoms with Crippen LogP contribution in [0.1, 0.15) is 18.5 Å². The normalized spacial score (nSPS) is 14.0. The molecule has 1 heterocycles. The molecule has 114 valence electrons. The summed E-state index contributed by atoms with van der Waals surface area (Å²) in [6, 6.07) is 8.29. The number of tetrazole rings is 1. The molecule has 0 amide bonds. The number of ether oxygens (including phenoxy) is 2. The van der Waals surface area contributed by atoms with Crippen molar-refractivity contribution in [2.45, 2.75) is 19.1 Å². The number of hydrogen-bond acceptors (Lipinski definition) is 6. The molecule has 2 rings (SSSR count).